The summed E-state index contributed by atoms with van der Waals surface area (Å²) in [5, 5.41) is 14.1. The number of alkyl carbamates (subject to hydrolysis) is 1. The fourth-order valence-electron chi connectivity index (χ4n) is 4.03. The number of ether oxygens (including phenoxy) is 1. The van der Waals surface area contributed by atoms with E-state index in [1.165, 1.54) is 0 Å². The molecule has 2 atom stereocenters. The summed E-state index contributed by atoms with van der Waals surface area (Å²) >= 11 is 0. The van der Waals surface area contributed by atoms with Gasteiger partial charge in [0.25, 0.3) is 0 Å². The highest BCUT2D eigenvalue weighted by molar-refractivity contribution is 5.86. The molecule has 0 spiro atoms. The SMILES string of the molecule is CC[C@H](C)[C@H](NC(=O)OCC1c2ccccc2-c2ccccc21)C(=O)NCCCC(=O)O. The molecule has 0 fully saturated rings. The van der Waals surface area contributed by atoms with Crippen molar-refractivity contribution in [3.8, 4) is 11.1 Å². The lowest BCUT2D eigenvalue weighted by Crippen LogP contribution is -2.50. The van der Waals surface area contributed by atoms with Gasteiger partial charge in [0, 0.05) is 18.9 Å². The van der Waals surface area contributed by atoms with Crippen LogP contribution in [-0.2, 0) is 14.3 Å². The molecule has 32 heavy (non-hydrogen) atoms. The third-order valence-electron chi connectivity index (χ3n) is 5.98. The zero-order chi connectivity index (χ0) is 23.1. The number of carboxylic acid groups (broad SMARTS) is 1. The van der Waals surface area contributed by atoms with Gasteiger partial charge in [-0.05, 0) is 34.6 Å². The predicted molar refractivity (Wildman–Crippen MR) is 121 cm³/mol. The molecule has 7 heteroatoms. The maximum Gasteiger partial charge on any atom is 0.407 e. The van der Waals surface area contributed by atoms with Crippen molar-refractivity contribution < 1.29 is 24.2 Å². The number of hydrogen-bond donors (Lipinski definition) is 3. The summed E-state index contributed by atoms with van der Waals surface area (Å²) < 4.78 is 5.56. The van der Waals surface area contributed by atoms with Crippen LogP contribution in [0.25, 0.3) is 11.1 Å². The van der Waals surface area contributed by atoms with Crippen LogP contribution in [0.2, 0.25) is 0 Å². The molecule has 0 bridgehead atoms. The fourth-order valence-corrected chi connectivity index (χ4v) is 4.03. The lowest BCUT2D eigenvalue weighted by atomic mass is 9.98. The number of aliphatic carboxylic acids is 1. The predicted octanol–water partition coefficient (Wildman–Crippen LogP) is 3.92. The van der Waals surface area contributed by atoms with Gasteiger partial charge in [-0.25, -0.2) is 4.79 Å². The third kappa shape index (κ3) is 5.46. The van der Waals surface area contributed by atoms with Crippen LogP contribution in [0.15, 0.2) is 48.5 Å². The van der Waals surface area contributed by atoms with Crippen LogP contribution in [-0.4, -0.2) is 42.3 Å². The maximum absolute atomic E-state index is 12.6. The van der Waals surface area contributed by atoms with Gasteiger partial charge in [0.15, 0.2) is 0 Å². The molecule has 2 amide bonds. The summed E-state index contributed by atoms with van der Waals surface area (Å²) in [5.74, 6) is -1.40. The van der Waals surface area contributed by atoms with Crippen LogP contribution in [0.3, 0.4) is 0 Å². The molecule has 0 saturated carbocycles. The number of nitrogens with one attached hydrogen (secondary N) is 2. The van der Waals surface area contributed by atoms with E-state index < -0.39 is 18.1 Å². The van der Waals surface area contributed by atoms with Crippen molar-refractivity contribution in [3.63, 3.8) is 0 Å². The maximum atomic E-state index is 12.6. The first kappa shape index (κ1) is 23.3. The first-order valence-corrected chi connectivity index (χ1v) is 11.0. The van der Waals surface area contributed by atoms with Gasteiger partial charge >= 0.3 is 12.1 Å². The molecular weight excluding hydrogens is 408 g/mol. The van der Waals surface area contributed by atoms with Crippen LogP contribution >= 0.6 is 0 Å². The number of carboxylic acids is 1. The molecule has 1 aliphatic carbocycles. The number of fused-ring (bicyclic) bond motifs is 3. The van der Waals surface area contributed by atoms with Crippen LogP contribution in [0.1, 0.15) is 50.2 Å². The van der Waals surface area contributed by atoms with Gasteiger partial charge in [0.2, 0.25) is 5.91 Å². The molecule has 2 aromatic carbocycles. The van der Waals surface area contributed by atoms with E-state index in [0.717, 1.165) is 22.3 Å². The van der Waals surface area contributed by atoms with Gasteiger partial charge in [0.1, 0.15) is 12.6 Å². The van der Waals surface area contributed by atoms with Gasteiger partial charge in [0.05, 0.1) is 0 Å². The number of rotatable bonds is 10. The Morgan fingerprint density at radius 3 is 2.19 bits per heavy atom. The number of carbonyl (C=O) groups excluding carboxylic acids is 2. The molecule has 3 N–H and O–H groups in total. The molecule has 170 valence electrons. The van der Waals surface area contributed by atoms with Gasteiger partial charge in [-0.1, -0.05) is 68.8 Å². The Morgan fingerprint density at radius 1 is 1.03 bits per heavy atom. The summed E-state index contributed by atoms with van der Waals surface area (Å²) in [6, 6.07) is 15.4. The molecule has 2 aromatic rings. The van der Waals surface area contributed by atoms with Crippen molar-refractivity contribution in [2.45, 2.75) is 45.1 Å². The van der Waals surface area contributed by atoms with Gasteiger partial charge < -0.3 is 20.5 Å². The monoisotopic (exact) mass is 438 g/mol. The first-order chi connectivity index (χ1) is 15.4. The lowest BCUT2D eigenvalue weighted by molar-refractivity contribution is -0.137. The first-order valence-electron chi connectivity index (χ1n) is 11.0. The molecule has 1 aliphatic rings. The largest absolute Gasteiger partial charge is 0.481 e. The second-order valence-electron chi connectivity index (χ2n) is 8.12. The summed E-state index contributed by atoms with van der Waals surface area (Å²) in [4.78, 5) is 35.8. The highest BCUT2D eigenvalue weighted by Crippen LogP contribution is 2.44. The third-order valence-corrected chi connectivity index (χ3v) is 5.98. The highest BCUT2D eigenvalue weighted by atomic mass is 16.5. The summed E-state index contributed by atoms with van der Waals surface area (Å²) in [6.07, 6.45) is 0.363. The quantitative estimate of drug-likeness (QED) is 0.488. The topological polar surface area (TPSA) is 105 Å². The van der Waals surface area contributed by atoms with E-state index in [1.807, 2.05) is 50.2 Å². The zero-order valence-corrected chi connectivity index (χ0v) is 18.5. The van der Waals surface area contributed by atoms with Crippen LogP contribution in [0.4, 0.5) is 4.79 Å². The van der Waals surface area contributed by atoms with E-state index in [2.05, 4.69) is 22.8 Å². The molecule has 0 heterocycles. The Balaban J connectivity index is 1.61. The number of carbonyl (C=O) groups is 3. The number of amides is 2. The Labute approximate surface area is 188 Å². The Kier molecular flexibility index (Phi) is 7.87. The van der Waals surface area contributed by atoms with Crippen molar-refractivity contribution in [2.24, 2.45) is 5.92 Å². The normalized spacial score (nSPS) is 14.1. The van der Waals surface area contributed by atoms with Crippen LogP contribution in [0, 0.1) is 5.92 Å². The Bertz CT molecular complexity index is 929. The second kappa shape index (κ2) is 10.8. The molecule has 0 radical (unpaired) electrons. The molecule has 0 aromatic heterocycles. The van der Waals surface area contributed by atoms with Crippen molar-refractivity contribution in [1.82, 2.24) is 10.6 Å². The van der Waals surface area contributed by atoms with Gasteiger partial charge in [-0.2, -0.15) is 0 Å². The molecule has 0 saturated heterocycles. The van der Waals surface area contributed by atoms with E-state index in [1.54, 1.807) is 0 Å². The average Bonchev–Trinajstić information content (AvgIpc) is 3.12. The molecule has 7 nitrogen and oxygen atoms in total. The second-order valence-corrected chi connectivity index (χ2v) is 8.12. The minimum Gasteiger partial charge on any atom is -0.481 e. The van der Waals surface area contributed by atoms with Crippen molar-refractivity contribution in [1.29, 1.82) is 0 Å². The molecule has 0 aliphatic heterocycles. The Hall–Kier alpha value is -3.35. The van der Waals surface area contributed by atoms with Gasteiger partial charge in [-0.15, -0.1) is 0 Å². The smallest absolute Gasteiger partial charge is 0.407 e. The van der Waals surface area contributed by atoms with Crippen molar-refractivity contribution >= 4 is 18.0 Å². The number of hydrogen-bond acceptors (Lipinski definition) is 4. The highest BCUT2D eigenvalue weighted by Gasteiger charge is 2.30. The summed E-state index contributed by atoms with van der Waals surface area (Å²) in [7, 11) is 0. The fraction of sp³-hybridized carbons (Fsp3) is 0.400. The van der Waals surface area contributed by atoms with Crippen LogP contribution < -0.4 is 10.6 Å². The van der Waals surface area contributed by atoms with Crippen LogP contribution in [0.5, 0.6) is 0 Å². The summed E-state index contributed by atoms with van der Waals surface area (Å²) in [5.41, 5.74) is 4.54. The number of benzene rings is 2. The van der Waals surface area contributed by atoms with E-state index in [0.29, 0.717) is 12.8 Å². The lowest BCUT2D eigenvalue weighted by Gasteiger charge is -2.24. The van der Waals surface area contributed by atoms with Crippen molar-refractivity contribution in [3.05, 3.63) is 59.7 Å². The Morgan fingerprint density at radius 2 is 1.62 bits per heavy atom. The van der Waals surface area contributed by atoms with E-state index in [9.17, 15) is 14.4 Å². The molecule has 0 unspecified atom stereocenters. The zero-order valence-electron chi connectivity index (χ0n) is 18.5. The summed E-state index contributed by atoms with van der Waals surface area (Å²) in [6.45, 7) is 4.23. The minimum atomic E-state index is -0.908. The van der Waals surface area contributed by atoms with E-state index >= 15 is 0 Å². The molecular formula is C25H30N2O5. The average molecular weight is 439 g/mol. The van der Waals surface area contributed by atoms with Gasteiger partial charge in [-0.3, -0.25) is 9.59 Å². The molecule has 3 rings (SSSR count). The minimum absolute atomic E-state index is 0.0198. The van der Waals surface area contributed by atoms with E-state index in [4.69, 9.17) is 9.84 Å². The standard InChI is InChI=1S/C25H30N2O5/c1-3-16(2)23(24(30)26-14-8-13-22(28)29)27-25(31)32-15-21-19-11-6-4-9-17(19)18-10-5-7-12-20(18)21/h4-7,9-12,16,21,23H,3,8,13-15H2,1-2H3,(H,26,30)(H,27,31)(H,28,29)/t16-,23-/m0/s1. The van der Waals surface area contributed by atoms with E-state index in [-0.39, 0.29) is 37.3 Å². The van der Waals surface area contributed by atoms with Crippen molar-refractivity contribution in [2.75, 3.05) is 13.2 Å².